The summed E-state index contributed by atoms with van der Waals surface area (Å²) in [7, 11) is 0. The number of aromatic nitrogens is 1. The molecular weight excluding hydrogens is 340 g/mol. The number of β-lactam (4-membered cyclic amide) rings is 1. The van der Waals surface area contributed by atoms with Crippen molar-refractivity contribution in [3.05, 3.63) is 70.4 Å². The van der Waals surface area contributed by atoms with Crippen molar-refractivity contribution in [2.75, 3.05) is 4.90 Å². The van der Waals surface area contributed by atoms with Crippen LogP contribution in [0.5, 0.6) is 0 Å². The first-order valence-electron chi connectivity index (χ1n) is 7.72. The average Bonchev–Trinajstić information content (AvgIpc) is 2.58. The van der Waals surface area contributed by atoms with Crippen molar-refractivity contribution < 1.29 is 4.79 Å². The van der Waals surface area contributed by atoms with E-state index in [1.807, 2.05) is 61.5 Å². The van der Waals surface area contributed by atoms with E-state index in [9.17, 15) is 4.79 Å². The minimum Gasteiger partial charge on any atom is -0.346 e. The Morgan fingerprint density at radius 2 is 1.92 bits per heavy atom. The first kappa shape index (κ1) is 15.4. The molecule has 3 nitrogen and oxygen atoms in total. The van der Waals surface area contributed by atoms with Gasteiger partial charge in [0.05, 0.1) is 6.04 Å². The van der Waals surface area contributed by atoms with E-state index in [0.29, 0.717) is 4.64 Å². The largest absolute Gasteiger partial charge is 0.346 e. The first-order valence-corrected chi connectivity index (χ1v) is 8.56. The van der Waals surface area contributed by atoms with E-state index in [1.165, 1.54) is 0 Å². The fourth-order valence-corrected chi connectivity index (χ4v) is 3.84. The fraction of sp³-hybridized carbons (Fsp3) is 0.158. The van der Waals surface area contributed by atoms with Crippen molar-refractivity contribution in [3.8, 4) is 0 Å². The van der Waals surface area contributed by atoms with Crippen LogP contribution >= 0.6 is 23.8 Å². The fourth-order valence-electron chi connectivity index (χ4n) is 3.20. The summed E-state index contributed by atoms with van der Waals surface area (Å²) in [5.41, 5.74) is 3.81. The number of fused-ring (bicyclic) bond motifs is 1. The van der Waals surface area contributed by atoms with Gasteiger partial charge in [0.25, 0.3) is 0 Å². The Balaban J connectivity index is 1.84. The molecule has 1 saturated heterocycles. The number of amides is 1. The number of alkyl halides is 1. The van der Waals surface area contributed by atoms with Gasteiger partial charge >= 0.3 is 0 Å². The first-order chi connectivity index (χ1) is 11.6. The maximum absolute atomic E-state index is 12.4. The third kappa shape index (κ3) is 2.34. The number of para-hydroxylation sites is 1. The van der Waals surface area contributed by atoms with Gasteiger partial charge in [-0.15, -0.1) is 11.6 Å². The van der Waals surface area contributed by atoms with E-state index in [2.05, 4.69) is 4.98 Å². The number of pyridine rings is 1. The third-order valence-electron chi connectivity index (χ3n) is 4.41. The number of hydrogen-bond acceptors (Lipinski definition) is 2. The molecule has 0 aliphatic carbocycles. The zero-order valence-corrected chi connectivity index (χ0v) is 14.6. The molecule has 0 radical (unpaired) electrons. The van der Waals surface area contributed by atoms with E-state index in [4.69, 9.17) is 23.8 Å². The van der Waals surface area contributed by atoms with Gasteiger partial charge in [-0.05, 0) is 42.1 Å². The molecule has 2 unspecified atom stereocenters. The summed E-state index contributed by atoms with van der Waals surface area (Å²) in [6.07, 6.45) is 0. The third-order valence-corrected chi connectivity index (χ3v) is 5.17. The van der Waals surface area contributed by atoms with Gasteiger partial charge in [0.15, 0.2) is 0 Å². The molecule has 1 aliphatic heterocycles. The average molecular weight is 355 g/mol. The second-order valence-electron chi connectivity index (χ2n) is 6.03. The van der Waals surface area contributed by atoms with Crippen molar-refractivity contribution in [3.63, 3.8) is 0 Å². The molecule has 2 aromatic carbocycles. The predicted octanol–water partition coefficient (Wildman–Crippen LogP) is 4.90. The van der Waals surface area contributed by atoms with Crippen LogP contribution in [0.2, 0.25) is 0 Å². The Hall–Kier alpha value is -2.17. The minimum atomic E-state index is -0.596. The number of nitrogens with zero attached hydrogens (tertiary/aromatic N) is 1. The lowest BCUT2D eigenvalue weighted by Crippen LogP contribution is -2.56. The summed E-state index contributed by atoms with van der Waals surface area (Å²) >= 11 is 11.9. The van der Waals surface area contributed by atoms with Crippen LogP contribution in [0.3, 0.4) is 0 Å². The maximum Gasteiger partial charge on any atom is 0.248 e. The van der Waals surface area contributed by atoms with Gasteiger partial charge in [0.2, 0.25) is 5.91 Å². The van der Waals surface area contributed by atoms with Crippen LogP contribution in [0, 0.1) is 11.6 Å². The number of carbonyl (C=O) groups excluding carboxylic acids is 1. The summed E-state index contributed by atoms with van der Waals surface area (Å²) in [5, 5.41) is 0.454. The van der Waals surface area contributed by atoms with Crippen LogP contribution in [-0.4, -0.2) is 16.3 Å². The molecule has 0 saturated carbocycles. The number of anilines is 1. The van der Waals surface area contributed by atoms with E-state index in [1.54, 1.807) is 4.90 Å². The van der Waals surface area contributed by atoms with E-state index in [0.717, 1.165) is 27.7 Å². The Morgan fingerprint density at radius 3 is 2.71 bits per heavy atom. The molecule has 1 fully saturated rings. The Morgan fingerprint density at radius 1 is 1.12 bits per heavy atom. The molecule has 0 bridgehead atoms. The van der Waals surface area contributed by atoms with E-state index < -0.39 is 5.38 Å². The second-order valence-corrected chi connectivity index (χ2v) is 6.91. The van der Waals surface area contributed by atoms with Crippen molar-refractivity contribution in [1.29, 1.82) is 0 Å². The Kier molecular flexibility index (Phi) is 3.66. The molecule has 1 aromatic heterocycles. The molecule has 2 atom stereocenters. The number of carbonyl (C=O) groups is 1. The number of hydrogen-bond donors (Lipinski definition) is 1. The van der Waals surface area contributed by atoms with Crippen molar-refractivity contribution in [2.45, 2.75) is 18.3 Å². The molecular formula is C19H15ClN2OS. The maximum atomic E-state index is 12.4. The highest BCUT2D eigenvalue weighted by Crippen LogP contribution is 2.43. The molecule has 1 N–H and O–H groups in total. The van der Waals surface area contributed by atoms with Gasteiger partial charge in [-0.25, -0.2) is 0 Å². The van der Waals surface area contributed by atoms with Gasteiger partial charge in [-0.1, -0.05) is 42.5 Å². The quantitative estimate of drug-likeness (QED) is 0.403. The van der Waals surface area contributed by atoms with Gasteiger partial charge in [-0.3, -0.25) is 4.79 Å². The van der Waals surface area contributed by atoms with Gasteiger partial charge < -0.3 is 9.88 Å². The summed E-state index contributed by atoms with van der Waals surface area (Å²) in [5.74, 6) is -0.0881. The molecule has 3 aromatic rings. The van der Waals surface area contributed by atoms with E-state index >= 15 is 0 Å². The number of rotatable bonds is 2. The van der Waals surface area contributed by atoms with Crippen LogP contribution in [0.25, 0.3) is 10.9 Å². The number of halogens is 1. The molecule has 4 rings (SSSR count). The number of aromatic amines is 1. The van der Waals surface area contributed by atoms with Crippen molar-refractivity contribution in [2.24, 2.45) is 0 Å². The van der Waals surface area contributed by atoms with E-state index in [-0.39, 0.29) is 11.9 Å². The zero-order valence-electron chi connectivity index (χ0n) is 13.0. The number of H-pyrrole nitrogens is 1. The lowest BCUT2D eigenvalue weighted by Gasteiger charge is -2.44. The van der Waals surface area contributed by atoms with Crippen LogP contribution in [-0.2, 0) is 4.79 Å². The Labute approximate surface area is 149 Å². The minimum absolute atomic E-state index is 0.0881. The van der Waals surface area contributed by atoms with Crippen LogP contribution in [0.15, 0.2) is 54.6 Å². The van der Waals surface area contributed by atoms with Gasteiger partial charge in [0, 0.05) is 16.8 Å². The van der Waals surface area contributed by atoms with Gasteiger partial charge in [0.1, 0.15) is 10.0 Å². The topological polar surface area (TPSA) is 36.1 Å². The summed E-state index contributed by atoms with van der Waals surface area (Å²) in [4.78, 5) is 17.4. The molecule has 1 amide bonds. The number of aryl methyl sites for hydroxylation is 1. The molecule has 5 heteroatoms. The predicted molar refractivity (Wildman–Crippen MR) is 100 cm³/mol. The number of benzene rings is 2. The zero-order chi connectivity index (χ0) is 16.8. The number of nitrogens with one attached hydrogen (secondary N) is 1. The SMILES string of the molecule is Cc1cccc(N2C(=O)C(Cl)C2c2cc3ccccc3[nH]c2=S)c1. The molecule has 0 spiro atoms. The molecule has 120 valence electrons. The molecule has 2 heterocycles. The van der Waals surface area contributed by atoms with Gasteiger partial charge in [-0.2, -0.15) is 0 Å². The lowest BCUT2D eigenvalue weighted by atomic mass is 9.92. The van der Waals surface area contributed by atoms with Crippen LogP contribution < -0.4 is 4.90 Å². The van der Waals surface area contributed by atoms with Crippen molar-refractivity contribution >= 4 is 46.3 Å². The molecule has 24 heavy (non-hydrogen) atoms. The normalized spacial score (nSPS) is 20.2. The summed E-state index contributed by atoms with van der Waals surface area (Å²) in [6.45, 7) is 2.00. The Bertz CT molecular complexity index is 1010. The smallest absolute Gasteiger partial charge is 0.248 e. The highest BCUT2D eigenvalue weighted by atomic mass is 35.5. The molecule has 1 aliphatic rings. The van der Waals surface area contributed by atoms with Crippen molar-refractivity contribution in [1.82, 2.24) is 4.98 Å². The van der Waals surface area contributed by atoms with Crippen LogP contribution in [0.4, 0.5) is 5.69 Å². The highest BCUT2D eigenvalue weighted by Gasteiger charge is 2.48. The summed E-state index contributed by atoms with van der Waals surface area (Å²) in [6, 6.07) is 17.6. The standard InChI is InChI=1S/C19H15ClN2OS/c1-11-5-4-7-13(9-11)22-17(16(20)19(22)23)14-10-12-6-2-3-8-15(12)21-18(14)24/h2-10,16-17H,1H3,(H,21,24). The summed E-state index contributed by atoms with van der Waals surface area (Å²) < 4.78 is 0.620. The second kappa shape index (κ2) is 5.72. The highest BCUT2D eigenvalue weighted by molar-refractivity contribution is 7.71. The monoisotopic (exact) mass is 354 g/mol. The lowest BCUT2D eigenvalue weighted by molar-refractivity contribution is -0.123. The van der Waals surface area contributed by atoms with Crippen LogP contribution in [0.1, 0.15) is 17.2 Å².